The first-order valence-corrected chi connectivity index (χ1v) is 9.03. The van der Waals surface area contributed by atoms with Gasteiger partial charge in [-0.05, 0) is 12.1 Å². The van der Waals surface area contributed by atoms with Crippen LogP contribution in [0.2, 0.25) is 0 Å². The lowest BCUT2D eigenvalue weighted by atomic mass is 9.83. The molecule has 1 aromatic heterocycles. The van der Waals surface area contributed by atoms with E-state index in [4.69, 9.17) is 4.74 Å². The van der Waals surface area contributed by atoms with Crippen molar-refractivity contribution in [1.29, 1.82) is 0 Å². The molecule has 0 spiro atoms. The zero-order valence-corrected chi connectivity index (χ0v) is 15.5. The summed E-state index contributed by atoms with van der Waals surface area (Å²) < 4.78 is 32.6. The Hall–Kier alpha value is -1.77. The molecule has 3 aliphatic heterocycles. The quantitative estimate of drug-likeness (QED) is 0.833. The number of hydrogen-bond acceptors (Lipinski definition) is 5. The summed E-state index contributed by atoms with van der Waals surface area (Å²) in [5, 5.41) is 2.63. The van der Waals surface area contributed by atoms with E-state index in [1.165, 1.54) is 29.0 Å². The summed E-state index contributed by atoms with van der Waals surface area (Å²) in [4.78, 5) is 19.3. The van der Waals surface area contributed by atoms with E-state index in [-0.39, 0.29) is 18.2 Å². The predicted octanol–water partition coefficient (Wildman–Crippen LogP) is 4.30. The fourth-order valence-electron chi connectivity index (χ4n) is 3.49. The van der Waals surface area contributed by atoms with Crippen LogP contribution in [-0.4, -0.2) is 41.2 Å². The van der Waals surface area contributed by atoms with Crippen LogP contribution in [0.5, 0.6) is 0 Å². The Balaban J connectivity index is 0.00000196. The Morgan fingerprint density at radius 3 is 2.38 bits per heavy atom. The largest absolute Gasteiger partial charge is 0.443 e. The van der Waals surface area contributed by atoms with Crippen molar-refractivity contribution >= 4 is 35.7 Å². The van der Waals surface area contributed by atoms with Gasteiger partial charge in [0.25, 0.3) is 0 Å². The number of benzene rings is 1. The van der Waals surface area contributed by atoms with Crippen molar-refractivity contribution in [2.24, 2.45) is 0 Å². The predicted molar refractivity (Wildman–Crippen MR) is 97.8 cm³/mol. The highest BCUT2D eigenvalue weighted by Crippen LogP contribution is 2.36. The van der Waals surface area contributed by atoms with Crippen LogP contribution in [0.3, 0.4) is 0 Å². The number of aromatic nitrogens is 1. The van der Waals surface area contributed by atoms with Crippen LogP contribution in [0.15, 0.2) is 23.7 Å². The van der Waals surface area contributed by atoms with E-state index in [0.717, 1.165) is 45.0 Å². The summed E-state index contributed by atoms with van der Waals surface area (Å²) in [6.45, 7) is 2.83. The van der Waals surface area contributed by atoms with Crippen LogP contribution in [0, 0.1) is 11.6 Å². The standard InChI is InChI=1S/C17H17F2N3O2S.ClH/c18-12-7-11(8-13(19)9-12)14-15(20-10-25-14)21-16(23)24-17-1-4-22(5-2-17)6-3-17;/h7-10H,1-6H2,(H,21,23);1H. The van der Waals surface area contributed by atoms with Crippen LogP contribution in [0.4, 0.5) is 19.4 Å². The summed E-state index contributed by atoms with van der Waals surface area (Å²) >= 11 is 1.20. The van der Waals surface area contributed by atoms with Gasteiger partial charge in [-0.25, -0.2) is 18.6 Å². The van der Waals surface area contributed by atoms with Gasteiger partial charge in [0.05, 0.1) is 10.4 Å². The highest BCUT2D eigenvalue weighted by atomic mass is 35.5. The molecule has 4 heterocycles. The molecule has 140 valence electrons. The van der Waals surface area contributed by atoms with Gasteiger partial charge in [-0.2, -0.15) is 0 Å². The average Bonchev–Trinajstić information content (AvgIpc) is 3.03. The van der Waals surface area contributed by atoms with Gasteiger partial charge < -0.3 is 9.64 Å². The van der Waals surface area contributed by atoms with Gasteiger partial charge in [0.1, 0.15) is 17.2 Å². The number of carbonyl (C=O) groups excluding carboxylic acids is 1. The normalized spacial score (nSPS) is 24.0. The number of piperidine rings is 3. The van der Waals surface area contributed by atoms with Crippen molar-refractivity contribution in [1.82, 2.24) is 9.88 Å². The van der Waals surface area contributed by atoms with E-state index in [1.54, 1.807) is 0 Å². The molecule has 0 saturated carbocycles. The van der Waals surface area contributed by atoms with E-state index in [9.17, 15) is 13.6 Å². The summed E-state index contributed by atoms with van der Waals surface area (Å²) in [5.74, 6) is -1.10. The summed E-state index contributed by atoms with van der Waals surface area (Å²) in [6.07, 6.45) is 1.93. The fraction of sp³-hybridized carbons (Fsp3) is 0.412. The minimum atomic E-state index is -0.676. The van der Waals surface area contributed by atoms with Crippen molar-refractivity contribution in [2.45, 2.75) is 24.9 Å². The van der Waals surface area contributed by atoms with E-state index in [1.807, 2.05) is 0 Å². The number of halogens is 3. The Morgan fingerprint density at radius 1 is 1.15 bits per heavy atom. The van der Waals surface area contributed by atoms with Gasteiger partial charge in [-0.3, -0.25) is 5.32 Å². The lowest BCUT2D eigenvalue weighted by Crippen LogP contribution is -2.54. The fourth-order valence-corrected chi connectivity index (χ4v) is 4.23. The van der Waals surface area contributed by atoms with Gasteiger partial charge in [-0.1, -0.05) is 0 Å². The zero-order chi connectivity index (χ0) is 17.4. The third kappa shape index (κ3) is 3.82. The number of fused-ring (bicyclic) bond motifs is 3. The van der Waals surface area contributed by atoms with Crippen LogP contribution in [0.25, 0.3) is 10.4 Å². The second-order valence-corrected chi connectivity index (χ2v) is 7.33. The van der Waals surface area contributed by atoms with Crippen molar-refractivity contribution in [2.75, 3.05) is 25.0 Å². The van der Waals surface area contributed by atoms with E-state index in [2.05, 4.69) is 15.2 Å². The van der Waals surface area contributed by atoms with Gasteiger partial charge in [0.2, 0.25) is 0 Å². The minimum Gasteiger partial charge on any atom is -0.443 e. The number of rotatable bonds is 3. The van der Waals surface area contributed by atoms with Gasteiger partial charge in [0, 0.05) is 50.5 Å². The summed E-state index contributed by atoms with van der Waals surface area (Å²) in [5.41, 5.74) is 1.45. The monoisotopic (exact) mass is 401 g/mol. The Labute approximate surface area is 159 Å². The maximum atomic E-state index is 13.5. The van der Waals surface area contributed by atoms with Gasteiger partial charge >= 0.3 is 6.09 Å². The summed E-state index contributed by atoms with van der Waals surface area (Å²) in [7, 11) is 0. The first kappa shape index (κ1) is 19.0. The van der Waals surface area contributed by atoms with Crippen molar-refractivity contribution in [3.05, 3.63) is 35.3 Å². The molecule has 1 N–H and O–H groups in total. The van der Waals surface area contributed by atoms with E-state index < -0.39 is 23.3 Å². The number of nitrogens with zero attached hydrogens (tertiary/aromatic N) is 2. The average molecular weight is 402 g/mol. The molecule has 26 heavy (non-hydrogen) atoms. The van der Waals surface area contributed by atoms with Crippen molar-refractivity contribution in [3.63, 3.8) is 0 Å². The number of anilines is 1. The molecular weight excluding hydrogens is 384 g/mol. The van der Waals surface area contributed by atoms with Crippen molar-refractivity contribution < 1.29 is 18.3 Å². The Morgan fingerprint density at radius 2 is 1.77 bits per heavy atom. The molecule has 3 fully saturated rings. The van der Waals surface area contributed by atoms with E-state index in [0.29, 0.717) is 10.4 Å². The number of hydrogen-bond donors (Lipinski definition) is 1. The zero-order valence-electron chi connectivity index (χ0n) is 13.8. The molecule has 0 unspecified atom stereocenters. The maximum Gasteiger partial charge on any atom is 0.413 e. The SMILES string of the molecule is Cl.O=C(Nc1ncsc1-c1cc(F)cc(F)c1)OC12CCN(CC1)CC2. The van der Waals surface area contributed by atoms with Crippen LogP contribution in [-0.2, 0) is 4.74 Å². The van der Waals surface area contributed by atoms with Crippen LogP contribution >= 0.6 is 23.7 Å². The third-order valence-electron chi connectivity index (χ3n) is 4.87. The maximum absolute atomic E-state index is 13.5. The second-order valence-electron chi connectivity index (χ2n) is 6.48. The lowest BCUT2D eigenvalue weighted by Gasteiger charge is -2.47. The van der Waals surface area contributed by atoms with E-state index >= 15 is 0 Å². The molecule has 0 atom stereocenters. The third-order valence-corrected chi connectivity index (χ3v) is 5.75. The smallest absolute Gasteiger partial charge is 0.413 e. The second kappa shape index (κ2) is 7.46. The Kier molecular flexibility index (Phi) is 5.45. The molecule has 3 saturated heterocycles. The number of nitrogens with one attached hydrogen (secondary N) is 1. The number of carbonyl (C=O) groups is 1. The number of ether oxygens (including phenoxy) is 1. The molecule has 2 bridgehead atoms. The first-order valence-electron chi connectivity index (χ1n) is 8.15. The number of thiazole rings is 1. The molecule has 1 amide bonds. The highest BCUT2D eigenvalue weighted by molar-refractivity contribution is 7.13. The molecule has 5 rings (SSSR count). The molecule has 9 heteroatoms. The highest BCUT2D eigenvalue weighted by Gasteiger charge is 2.42. The molecule has 0 aliphatic carbocycles. The number of amides is 1. The van der Waals surface area contributed by atoms with Crippen molar-refractivity contribution in [3.8, 4) is 10.4 Å². The Bertz CT molecular complexity index is 775. The first-order chi connectivity index (χ1) is 12.0. The molecule has 5 nitrogen and oxygen atoms in total. The molecule has 3 aliphatic rings. The van der Waals surface area contributed by atoms with Gasteiger partial charge in [-0.15, -0.1) is 23.7 Å². The summed E-state index contributed by atoms with van der Waals surface area (Å²) in [6, 6.07) is 3.23. The lowest BCUT2D eigenvalue weighted by molar-refractivity contribution is -0.0742. The topological polar surface area (TPSA) is 54.5 Å². The molecule has 0 radical (unpaired) electrons. The minimum absolute atomic E-state index is 0. The van der Waals surface area contributed by atoms with Gasteiger partial charge in [0.15, 0.2) is 5.82 Å². The molecular formula is C17H18ClF2N3O2S. The van der Waals surface area contributed by atoms with Crippen LogP contribution in [0.1, 0.15) is 19.3 Å². The molecule has 1 aromatic carbocycles. The molecule has 2 aromatic rings. The van der Waals surface area contributed by atoms with Crippen LogP contribution < -0.4 is 5.32 Å².